The highest BCUT2D eigenvalue weighted by atomic mass is 32.2. The summed E-state index contributed by atoms with van der Waals surface area (Å²) in [6, 6.07) is 10.0. The van der Waals surface area contributed by atoms with Gasteiger partial charge in [-0.25, -0.2) is 4.39 Å². The van der Waals surface area contributed by atoms with Gasteiger partial charge in [-0.3, -0.25) is 9.36 Å². The molecule has 3 aromatic rings. The number of thioether (sulfide) groups is 1. The molecule has 1 fully saturated rings. The van der Waals surface area contributed by atoms with Gasteiger partial charge in [0.2, 0.25) is 11.7 Å². The van der Waals surface area contributed by atoms with E-state index in [1.54, 1.807) is 30.3 Å². The van der Waals surface area contributed by atoms with Gasteiger partial charge in [-0.05, 0) is 25.0 Å². The number of amides is 1. The first-order chi connectivity index (χ1) is 15.5. The molecule has 1 saturated carbocycles. The number of hydrogen-bond acceptors (Lipinski definition) is 7. The van der Waals surface area contributed by atoms with Gasteiger partial charge in [0.25, 0.3) is 0 Å². The molecule has 0 radical (unpaired) electrons. The van der Waals surface area contributed by atoms with Gasteiger partial charge in [0, 0.05) is 23.9 Å². The van der Waals surface area contributed by atoms with Gasteiger partial charge in [0.15, 0.2) is 22.5 Å². The zero-order valence-electron chi connectivity index (χ0n) is 17.9. The number of anilines is 1. The Morgan fingerprint density at radius 2 is 1.81 bits per heavy atom. The molecule has 32 heavy (non-hydrogen) atoms. The van der Waals surface area contributed by atoms with Crippen LogP contribution in [0.2, 0.25) is 0 Å². The molecule has 1 aliphatic rings. The van der Waals surface area contributed by atoms with Crippen LogP contribution in [0.15, 0.2) is 41.6 Å². The number of methoxy groups -OCH3 is 3. The fourth-order valence-electron chi connectivity index (χ4n) is 3.34. The predicted octanol–water partition coefficient (Wildman–Crippen LogP) is 4.18. The molecular weight excluding hydrogens is 435 g/mol. The maximum atomic E-state index is 14.3. The van der Waals surface area contributed by atoms with Crippen LogP contribution in [0.5, 0.6) is 17.2 Å². The van der Waals surface area contributed by atoms with E-state index < -0.39 is 0 Å². The summed E-state index contributed by atoms with van der Waals surface area (Å²) in [5.74, 6) is 1.34. The summed E-state index contributed by atoms with van der Waals surface area (Å²) in [7, 11) is 4.54. The van der Waals surface area contributed by atoms with E-state index in [1.807, 2.05) is 4.57 Å². The SMILES string of the molecule is COc1cc(NC(=O)CSc2nnc(-c3ccccc3F)n2C2CC2)cc(OC)c1OC. The number of hydrogen-bond donors (Lipinski definition) is 1. The molecule has 1 heterocycles. The van der Waals surface area contributed by atoms with E-state index in [4.69, 9.17) is 14.2 Å². The van der Waals surface area contributed by atoms with Crippen LogP contribution in [0.3, 0.4) is 0 Å². The Labute approximate surface area is 189 Å². The van der Waals surface area contributed by atoms with Crippen molar-refractivity contribution >= 4 is 23.4 Å². The van der Waals surface area contributed by atoms with E-state index in [9.17, 15) is 9.18 Å². The highest BCUT2D eigenvalue weighted by Gasteiger charge is 2.31. The molecule has 0 bridgehead atoms. The number of nitrogens with one attached hydrogen (secondary N) is 1. The number of aromatic nitrogens is 3. The second kappa shape index (κ2) is 9.47. The second-order valence-corrected chi connectivity index (χ2v) is 8.08. The number of halogens is 1. The lowest BCUT2D eigenvalue weighted by Crippen LogP contribution is -2.15. The number of carbonyl (C=O) groups excluding carboxylic acids is 1. The van der Waals surface area contributed by atoms with Crippen LogP contribution in [0.1, 0.15) is 18.9 Å². The van der Waals surface area contributed by atoms with E-state index in [0.29, 0.717) is 39.5 Å². The molecule has 10 heteroatoms. The third-order valence-electron chi connectivity index (χ3n) is 4.97. The largest absolute Gasteiger partial charge is 0.493 e. The third-order valence-corrected chi connectivity index (χ3v) is 5.92. The summed E-state index contributed by atoms with van der Waals surface area (Å²) >= 11 is 1.26. The molecule has 8 nitrogen and oxygen atoms in total. The minimum absolute atomic E-state index is 0.110. The summed E-state index contributed by atoms with van der Waals surface area (Å²) in [4.78, 5) is 12.6. The van der Waals surface area contributed by atoms with Crippen LogP contribution in [0, 0.1) is 5.82 Å². The Morgan fingerprint density at radius 1 is 1.12 bits per heavy atom. The maximum absolute atomic E-state index is 14.3. The molecule has 0 saturated heterocycles. The van der Waals surface area contributed by atoms with E-state index in [0.717, 1.165) is 12.8 Å². The summed E-state index contributed by atoms with van der Waals surface area (Å²) < 4.78 is 32.2. The fourth-order valence-corrected chi connectivity index (χ4v) is 4.15. The molecule has 0 unspecified atom stereocenters. The standard InChI is InChI=1S/C22H23FN4O4S/c1-29-17-10-13(11-18(30-2)20(17)31-3)24-19(28)12-32-22-26-25-21(27(22)14-8-9-14)15-6-4-5-7-16(15)23/h4-7,10-11,14H,8-9,12H2,1-3H3,(H,24,28). The smallest absolute Gasteiger partial charge is 0.234 e. The van der Waals surface area contributed by atoms with Gasteiger partial charge >= 0.3 is 0 Å². The lowest BCUT2D eigenvalue weighted by Gasteiger charge is -2.14. The second-order valence-electron chi connectivity index (χ2n) is 7.14. The molecule has 1 aliphatic carbocycles. The first-order valence-electron chi connectivity index (χ1n) is 9.98. The van der Waals surface area contributed by atoms with Gasteiger partial charge in [-0.15, -0.1) is 10.2 Å². The number of rotatable bonds is 9. The van der Waals surface area contributed by atoms with Crippen molar-refractivity contribution in [1.29, 1.82) is 0 Å². The quantitative estimate of drug-likeness (QED) is 0.482. The van der Waals surface area contributed by atoms with Crippen LogP contribution in [-0.2, 0) is 4.79 Å². The van der Waals surface area contributed by atoms with Crippen molar-refractivity contribution in [1.82, 2.24) is 14.8 Å². The minimum atomic E-state index is -0.349. The fraction of sp³-hybridized carbons (Fsp3) is 0.318. The van der Waals surface area contributed by atoms with Gasteiger partial charge in [-0.1, -0.05) is 23.9 Å². The van der Waals surface area contributed by atoms with Crippen LogP contribution in [-0.4, -0.2) is 47.8 Å². The van der Waals surface area contributed by atoms with Crippen LogP contribution >= 0.6 is 11.8 Å². The first kappa shape index (κ1) is 21.9. The molecule has 4 rings (SSSR count). The lowest BCUT2D eigenvalue weighted by molar-refractivity contribution is -0.113. The highest BCUT2D eigenvalue weighted by Crippen LogP contribution is 2.42. The van der Waals surface area contributed by atoms with Crippen LogP contribution in [0.4, 0.5) is 10.1 Å². The Morgan fingerprint density at radius 3 is 2.41 bits per heavy atom. The number of benzene rings is 2. The van der Waals surface area contributed by atoms with Gasteiger partial charge in [0.05, 0.1) is 32.6 Å². The number of nitrogens with zero attached hydrogens (tertiary/aromatic N) is 3. The Kier molecular flexibility index (Phi) is 6.50. The van der Waals surface area contributed by atoms with Crippen molar-refractivity contribution in [2.24, 2.45) is 0 Å². The topological polar surface area (TPSA) is 87.5 Å². The monoisotopic (exact) mass is 458 g/mol. The summed E-state index contributed by atoms with van der Waals surface area (Å²) in [6.07, 6.45) is 1.95. The van der Waals surface area contributed by atoms with Crippen molar-refractivity contribution < 1.29 is 23.4 Å². The molecule has 2 aromatic carbocycles. The normalized spacial score (nSPS) is 13.0. The van der Waals surface area contributed by atoms with Gasteiger partial charge in [-0.2, -0.15) is 0 Å². The zero-order valence-corrected chi connectivity index (χ0v) is 18.7. The molecule has 168 valence electrons. The van der Waals surface area contributed by atoms with Gasteiger partial charge in [0.1, 0.15) is 5.82 Å². The Balaban J connectivity index is 1.49. The Hall–Kier alpha value is -3.27. The van der Waals surface area contributed by atoms with Crippen molar-refractivity contribution in [3.63, 3.8) is 0 Å². The van der Waals surface area contributed by atoms with Crippen LogP contribution in [0.25, 0.3) is 11.4 Å². The summed E-state index contributed by atoms with van der Waals surface area (Å²) in [5.41, 5.74) is 0.918. The van der Waals surface area contributed by atoms with E-state index in [1.165, 1.54) is 39.2 Å². The third kappa shape index (κ3) is 4.50. The van der Waals surface area contributed by atoms with Crippen molar-refractivity contribution in [2.45, 2.75) is 24.0 Å². The molecule has 1 aromatic heterocycles. The van der Waals surface area contributed by atoms with Crippen molar-refractivity contribution in [2.75, 3.05) is 32.4 Å². The molecule has 0 spiro atoms. The van der Waals surface area contributed by atoms with Crippen molar-refractivity contribution in [3.05, 3.63) is 42.2 Å². The predicted molar refractivity (Wildman–Crippen MR) is 119 cm³/mol. The minimum Gasteiger partial charge on any atom is -0.493 e. The average Bonchev–Trinajstić information content (AvgIpc) is 3.56. The number of ether oxygens (including phenoxy) is 3. The molecule has 1 amide bonds. The maximum Gasteiger partial charge on any atom is 0.234 e. The molecular formula is C22H23FN4O4S. The van der Waals surface area contributed by atoms with E-state index >= 15 is 0 Å². The lowest BCUT2D eigenvalue weighted by atomic mass is 10.2. The average molecular weight is 459 g/mol. The molecule has 1 N–H and O–H groups in total. The zero-order chi connectivity index (χ0) is 22.7. The van der Waals surface area contributed by atoms with E-state index in [-0.39, 0.29) is 23.5 Å². The van der Waals surface area contributed by atoms with Gasteiger partial charge < -0.3 is 19.5 Å². The molecule has 0 aliphatic heterocycles. The summed E-state index contributed by atoms with van der Waals surface area (Å²) in [5, 5.41) is 11.9. The highest BCUT2D eigenvalue weighted by molar-refractivity contribution is 7.99. The van der Waals surface area contributed by atoms with Crippen molar-refractivity contribution in [3.8, 4) is 28.6 Å². The first-order valence-corrected chi connectivity index (χ1v) is 11.0. The summed E-state index contributed by atoms with van der Waals surface area (Å²) in [6.45, 7) is 0. The molecule has 0 atom stereocenters. The number of carbonyl (C=O) groups is 1. The Bertz CT molecular complexity index is 1110. The van der Waals surface area contributed by atoms with E-state index in [2.05, 4.69) is 15.5 Å². The van der Waals surface area contributed by atoms with Crippen LogP contribution < -0.4 is 19.5 Å².